The Morgan fingerprint density at radius 2 is 2.43 bits per heavy atom. The van der Waals surface area contributed by atoms with E-state index >= 15 is 0 Å². The van der Waals surface area contributed by atoms with Crippen LogP contribution in [0.4, 0.5) is 0 Å². The number of hydrogen-bond donors (Lipinski definition) is 0. The SMILES string of the molecule is Cn1cnn(CCc2ccsc2)c1=O. The minimum Gasteiger partial charge on any atom is -0.285 e. The van der Waals surface area contributed by atoms with Gasteiger partial charge in [0.15, 0.2) is 0 Å². The molecule has 74 valence electrons. The van der Waals surface area contributed by atoms with E-state index in [1.54, 1.807) is 18.4 Å². The summed E-state index contributed by atoms with van der Waals surface area (Å²) in [6, 6.07) is 2.07. The van der Waals surface area contributed by atoms with Gasteiger partial charge in [0.25, 0.3) is 0 Å². The van der Waals surface area contributed by atoms with Crippen molar-refractivity contribution in [3.8, 4) is 0 Å². The Balaban J connectivity index is 2.06. The molecule has 0 fully saturated rings. The quantitative estimate of drug-likeness (QED) is 0.753. The Labute approximate surface area is 85.4 Å². The summed E-state index contributed by atoms with van der Waals surface area (Å²) in [6.45, 7) is 0.649. The van der Waals surface area contributed by atoms with Crippen molar-refractivity contribution in [3.05, 3.63) is 39.2 Å². The van der Waals surface area contributed by atoms with Crippen LogP contribution in [-0.2, 0) is 20.0 Å². The number of nitrogens with zero attached hydrogens (tertiary/aromatic N) is 3. The van der Waals surface area contributed by atoms with Crippen molar-refractivity contribution < 1.29 is 0 Å². The highest BCUT2D eigenvalue weighted by Crippen LogP contribution is 2.06. The summed E-state index contributed by atoms with van der Waals surface area (Å²) in [5.41, 5.74) is 1.20. The van der Waals surface area contributed by atoms with E-state index in [4.69, 9.17) is 0 Å². The molecule has 0 spiro atoms. The van der Waals surface area contributed by atoms with E-state index in [-0.39, 0.29) is 5.69 Å². The third-order valence-corrected chi connectivity index (χ3v) is 2.81. The Hall–Kier alpha value is -1.36. The molecular weight excluding hydrogens is 198 g/mol. The third kappa shape index (κ3) is 1.77. The summed E-state index contributed by atoms with van der Waals surface area (Å²) in [7, 11) is 1.70. The Morgan fingerprint density at radius 1 is 1.57 bits per heavy atom. The first-order valence-corrected chi connectivity index (χ1v) is 5.31. The third-order valence-electron chi connectivity index (χ3n) is 2.08. The zero-order valence-corrected chi connectivity index (χ0v) is 8.70. The van der Waals surface area contributed by atoms with Gasteiger partial charge in [-0.25, -0.2) is 9.48 Å². The molecule has 0 radical (unpaired) electrons. The highest BCUT2D eigenvalue weighted by molar-refractivity contribution is 7.07. The van der Waals surface area contributed by atoms with Crippen molar-refractivity contribution in [2.75, 3.05) is 0 Å². The van der Waals surface area contributed by atoms with Crippen LogP contribution in [0.3, 0.4) is 0 Å². The van der Waals surface area contributed by atoms with E-state index in [1.807, 2.05) is 5.38 Å². The molecule has 2 rings (SSSR count). The van der Waals surface area contributed by atoms with E-state index in [9.17, 15) is 4.79 Å². The molecule has 0 aliphatic rings. The van der Waals surface area contributed by atoms with Crippen LogP contribution in [0.1, 0.15) is 5.56 Å². The van der Waals surface area contributed by atoms with Gasteiger partial charge >= 0.3 is 5.69 Å². The zero-order chi connectivity index (χ0) is 9.97. The Bertz CT molecular complexity index is 455. The molecular formula is C9H11N3OS. The number of hydrogen-bond acceptors (Lipinski definition) is 3. The van der Waals surface area contributed by atoms with E-state index in [1.165, 1.54) is 21.1 Å². The molecule has 0 saturated heterocycles. The lowest BCUT2D eigenvalue weighted by atomic mass is 10.2. The fourth-order valence-electron chi connectivity index (χ4n) is 1.24. The van der Waals surface area contributed by atoms with Crippen molar-refractivity contribution in [1.82, 2.24) is 14.3 Å². The molecule has 2 aromatic rings. The van der Waals surface area contributed by atoms with Crippen LogP contribution in [-0.4, -0.2) is 14.3 Å². The average molecular weight is 209 g/mol. The van der Waals surface area contributed by atoms with Gasteiger partial charge in [0, 0.05) is 7.05 Å². The number of aromatic nitrogens is 3. The molecule has 0 amide bonds. The first kappa shape index (κ1) is 9.21. The molecule has 0 N–H and O–H groups in total. The molecule has 4 nitrogen and oxygen atoms in total. The van der Waals surface area contributed by atoms with Gasteiger partial charge in [-0.15, -0.1) is 0 Å². The lowest BCUT2D eigenvalue weighted by Crippen LogP contribution is -2.23. The fraction of sp³-hybridized carbons (Fsp3) is 0.333. The molecule has 0 aromatic carbocycles. The molecule has 2 aromatic heterocycles. The van der Waals surface area contributed by atoms with Crippen molar-refractivity contribution >= 4 is 11.3 Å². The van der Waals surface area contributed by atoms with E-state index < -0.39 is 0 Å². The second kappa shape index (κ2) is 3.79. The van der Waals surface area contributed by atoms with E-state index in [2.05, 4.69) is 16.5 Å². The molecule has 5 heteroatoms. The van der Waals surface area contributed by atoms with E-state index in [0.717, 1.165) is 6.42 Å². The summed E-state index contributed by atoms with van der Waals surface area (Å²) in [4.78, 5) is 11.4. The Kier molecular flexibility index (Phi) is 2.49. The molecule has 0 atom stereocenters. The molecule has 14 heavy (non-hydrogen) atoms. The maximum absolute atomic E-state index is 11.4. The predicted octanol–water partition coefficient (Wildman–Crippen LogP) is 0.886. The van der Waals surface area contributed by atoms with Gasteiger partial charge in [0.2, 0.25) is 0 Å². The molecule has 2 heterocycles. The summed E-state index contributed by atoms with van der Waals surface area (Å²) < 4.78 is 2.96. The first-order valence-electron chi connectivity index (χ1n) is 4.37. The predicted molar refractivity (Wildman–Crippen MR) is 55.5 cm³/mol. The van der Waals surface area contributed by atoms with Gasteiger partial charge < -0.3 is 0 Å². The maximum atomic E-state index is 11.4. The maximum Gasteiger partial charge on any atom is 0.345 e. The Morgan fingerprint density at radius 3 is 3.00 bits per heavy atom. The van der Waals surface area contributed by atoms with Crippen LogP contribution < -0.4 is 5.69 Å². The minimum atomic E-state index is -0.0553. The molecule has 0 aliphatic carbocycles. The monoisotopic (exact) mass is 209 g/mol. The van der Waals surface area contributed by atoms with Gasteiger partial charge in [-0.05, 0) is 28.8 Å². The van der Waals surface area contributed by atoms with Crippen molar-refractivity contribution in [2.45, 2.75) is 13.0 Å². The summed E-state index contributed by atoms with van der Waals surface area (Å²) in [5, 5.41) is 8.11. The topological polar surface area (TPSA) is 39.8 Å². The number of rotatable bonds is 3. The average Bonchev–Trinajstić information content (AvgIpc) is 2.77. The van der Waals surface area contributed by atoms with Gasteiger partial charge in [-0.3, -0.25) is 4.57 Å². The largest absolute Gasteiger partial charge is 0.345 e. The number of thiophene rings is 1. The fourth-order valence-corrected chi connectivity index (χ4v) is 1.95. The van der Waals surface area contributed by atoms with Crippen LogP contribution in [0, 0.1) is 0 Å². The van der Waals surface area contributed by atoms with Gasteiger partial charge in [0.05, 0.1) is 6.54 Å². The second-order valence-corrected chi connectivity index (χ2v) is 3.91. The van der Waals surface area contributed by atoms with Gasteiger partial charge in [0.1, 0.15) is 6.33 Å². The highest BCUT2D eigenvalue weighted by Gasteiger charge is 2.01. The molecule has 0 aliphatic heterocycles. The lowest BCUT2D eigenvalue weighted by molar-refractivity contribution is 0.585. The molecule has 0 saturated carbocycles. The summed E-state index contributed by atoms with van der Waals surface area (Å²) >= 11 is 1.67. The number of aryl methyl sites for hydroxylation is 3. The summed E-state index contributed by atoms with van der Waals surface area (Å²) in [6.07, 6.45) is 2.40. The van der Waals surface area contributed by atoms with Crippen LogP contribution in [0.2, 0.25) is 0 Å². The minimum absolute atomic E-state index is 0.0553. The smallest absolute Gasteiger partial charge is 0.285 e. The van der Waals surface area contributed by atoms with Crippen molar-refractivity contribution in [3.63, 3.8) is 0 Å². The van der Waals surface area contributed by atoms with Gasteiger partial charge in [-0.2, -0.15) is 16.4 Å². The van der Waals surface area contributed by atoms with Crippen LogP contribution >= 0.6 is 11.3 Å². The molecule has 0 unspecified atom stereocenters. The van der Waals surface area contributed by atoms with E-state index in [0.29, 0.717) is 6.54 Å². The van der Waals surface area contributed by atoms with Crippen molar-refractivity contribution in [1.29, 1.82) is 0 Å². The summed E-state index contributed by atoms with van der Waals surface area (Å²) in [5.74, 6) is 0. The normalized spacial score (nSPS) is 10.6. The zero-order valence-electron chi connectivity index (χ0n) is 7.88. The van der Waals surface area contributed by atoms with Crippen LogP contribution in [0.15, 0.2) is 27.9 Å². The lowest BCUT2D eigenvalue weighted by Gasteiger charge is -1.96. The van der Waals surface area contributed by atoms with Gasteiger partial charge in [-0.1, -0.05) is 0 Å². The van der Waals surface area contributed by atoms with Crippen molar-refractivity contribution in [2.24, 2.45) is 7.05 Å². The molecule has 0 bridgehead atoms. The first-order chi connectivity index (χ1) is 6.77. The highest BCUT2D eigenvalue weighted by atomic mass is 32.1. The standard InChI is InChI=1S/C9H11N3OS/c1-11-7-10-12(9(11)13)4-2-8-3-5-14-6-8/h3,5-7H,2,4H2,1H3. The van der Waals surface area contributed by atoms with Crippen LogP contribution in [0.25, 0.3) is 0 Å². The van der Waals surface area contributed by atoms with Crippen LogP contribution in [0.5, 0.6) is 0 Å². The second-order valence-electron chi connectivity index (χ2n) is 3.13.